The highest BCUT2D eigenvalue weighted by Gasteiger charge is 2.32. The summed E-state index contributed by atoms with van der Waals surface area (Å²) in [5.41, 5.74) is 5.56. The van der Waals surface area contributed by atoms with Crippen molar-refractivity contribution >= 4 is 56.5 Å². The van der Waals surface area contributed by atoms with Crippen molar-refractivity contribution in [3.8, 4) is 5.75 Å². The number of ether oxygens (including phenoxy) is 3. The van der Waals surface area contributed by atoms with E-state index in [0.29, 0.717) is 29.2 Å². The number of hydrogen-bond acceptors (Lipinski definition) is 10. The van der Waals surface area contributed by atoms with Crippen LogP contribution in [0.2, 0.25) is 0 Å². The molecule has 7 rings (SSSR count). The number of para-hydroxylation sites is 1. The summed E-state index contributed by atoms with van der Waals surface area (Å²) in [4.78, 5) is 39.8. The average molecular weight is 756 g/mol. The molecule has 3 aliphatic rings. The number of ketones is 1. The number of Topliss-reactive ketones (excluding diaryl/α,β-unsaturated/α-hetero) is 1. The summed E-state index contributed by atoms with van der Waals surface area (Å²) in [7, 11) is 3.22. The smallest absolute Gasteiger partial charge is 0.334 e. The molecule has 2 atom stereocenters. The number of aromatic nitrogens is 1. The molecule has 0 aliphatic carbocycles. The van der Waals surface area contributed by atoms with Crippen LogP contribution in [0.1, 0.15) is 60.5 Å². The maximum atomic E-state index is 11.6. The van der Waals surface area contributed by atoms with Crippen molar-refractivity contribution in [1.29, 1.82) is 0 Å². The summed E-state index contributed by atoms with van der Waals surface area (Å²) < 4.78 is 17.1. The van der Waals surface area contributed by atoms with Gasteiger partial charge in [-0.15, -0.1) is 0 Å². The van der Waals surface area contributed by atoms with Gasteiger partial charge in [0.2, 0.25) is 0 Å². The normalized spacial score (nSPS) is 19.4. The second-order valence-electron chi connectivity index (χ2n) is 12.5. The van der Waals surface area contributed by atoms with E-state index in [2.05, 4.69) is 31.5 Å². The van der Waals surface area contributed by atoms with Gasteiger partial charge in [-0.05, 0) is 57.2 Å². The summed E-state index contributed by atoms with van der Waals surface area (Å²) in [5.74, 6) is -0.136. The molecule has 0 radical (unpaired) electrons. The van der Waals surface area contributed by atoms with E-state index < -0.39 is 17.5 Å². The molecule has 0 amide bonds. The quantitative estimate of drug-likeness (QED) is 0.140. The number of halogens is 1. The second-order valence-corrected chi connectivity index (χ2v) is 13.4. The Morgan fingerprint density at radius 3 is 2.41 bits per heavy atom. The highest BCUT2D eigenvalue weighted by Crippen LogP contribution is 2.37. The van der Waals surface area contributed by atoms with E-state index >= 15 is 0 Å². The van der Waals surface area contributed by atoms with Crippen molar-refractivity contribution in [2.75, 3.05) is 24.8 Å². The molecule has 51 heavy (non-hydrogen) atoms. The fourth-order valence-corrected chi connectivity index (χ4v) is 5.98. The molecule has 1 aromatic heterocycles. The van der Waals surface area contributed by atoms with Crippen LogP contribution >= 0.6 is 15.9 Å². The lowest BCUT2D eigenvalue weighted by Crippen LogP contribution is -2.38. The van der Waals surface area contributed by atoms with E-state index in [0.717, 1.165) is 32.5 Å². The third kappa shape index (κ3) is 9.14. The van der Waals surface area contributed by atoms with Crippen molar-refractivity contribution in [2.45, 2.75) is 45.2 Å². The molecular formula is C39H39BrN4O7. The fraction of sp³-hybridized carbons (Fsp3) is 0.231. The minimum atomic E-state index is -0.938. The van der Waals surface area contributed by atoms with Crippen molar-refractivity contribution in [2.24, 2.45) is 0 Å². The van der Waals surface area contributed by atoms with E-state index in [4.69, 9.17) is 19.3 Å². The third-order valence-electron chi connectivity index (χ3n) is 8.18. The van der Waals surface area contributed by atoms with Crippen molar-refractivity contribution in [3.63, 3.8) is 0 Å². The lowest BCUT2D eigenvalue weighted by atomic mass is 9.94. The SMILES string of the molecule is CC1(C)CC(=O)c2ccncc2O1.CC1Nc2ccc(Br)cc2/C(=C/C(=O)O)N1C.COC(=O)/C=C1\OC(c2ccccc2)Nc2ccccc21. The molecule has 264 valence electrons. The monoisotopic (exact) mass is 754 g/mol. The summed E-state index contributed by atoms with van der Waals surface area (Å²) >= 11 is 3.40. The number of fused-ring (bicyclic) bond motifs is 3. The van der Waals surface area contributed by atoms with Gasteiger partial charge in [0.15, 0.2) is 12.0 Å². The molecule has 0 fully saturated rings. The Kier molecular flexibility index (Phi) is 11.5. The molecule has 0 bridgehead atoms. The Morgan fingerprint density at radius 2 is 1.69 bits per heavy atom. The number of carbonyl (C=O) groups excluding carboxylic acids is 2. The van der Waals surface area contributed by atoms with E-state index in [1.165, 1.54) is 19.3 Å². The van der Waals surface area contributed by atoms with E-state index in [1.807, 2.05) is 106 Å². The molecule has 0 saturated carbocycles. The topological polar surface area (TPSA) is 139 Å². The van der Waals surface area contributed by atoms with Crippen LogP contribution < -0.4 is 15.4 Å². The molecule has 0 saturated heterocycles. The predicted molar refractivity (Wildman–Crippen MR) is 199 cm³/mol. The molecule has 0 spiro atoms. The van der Waals surface area contributed by atoms with Crippen LogP contribution in [0.15, 0.2) is 108 Å². The molecule has 12 heteroatoms. The highest BCUT2D eigenvalue weighted by molar-refractivity contribution is 9.10. The minimum absolute atomic E-state index is 0.0641. The average Bonchev–Trinajstić information content (AvgIpc) is 3.11. The standard InChI is InChI=1S/C17H15NO3.C12H13BrN2O2.C10H11NO2/c1-20-16(19)11-15-13-9-5-6-10-14(13)18-17(21-15)12-7-3-2-4-8-12;1-7-14-10-4-3-8(13)5-9(10)11(15(7)2)6-12(16)17;1-10(2)5-8(12)7-3-4-11-6-9(7)13-10/h2-11,17-18H,1H3;3-7,14H,1-2H3,(H,16,17);3-4,6H,5H2,1-2H3/b15-11-;11-6-;. The number of rotatable bonds is 3. The number of nitrogens with zero attached hydrogens (tertiary/aromatic N) is 2. The van der Waals surface area contributed by atoms with Gasteiger partial charge in [-0.25, -0.2) is 9.59 Å². The van der Waals surface area contributed by atoms with Crippen molar-refractivity contribution in [3.05, 3.63) is 130 Å². The van der Waals surface area contributed by atoms with Crippen molar-refractivity contribution < 1.29 is 33.7 Å². The molecule has 3 N–H and O–H groups in total. The lowest BCUT2D eigenvalue weighted by molar-refractivity contribution is -0.135. The van der Waals surface area contributed by atoms with Crippen LogP contribution in [0.25, 0.3) is 11.5 Å². The number of pyridine rings is 1. The van der Waals surface area contributed by atoms with Crippen LogP contribution in [0, 0.1) is 0 Å². The van der Waals surface area contributed by atoms with Gasteiger partial charge in [0.25, 0.3) is 0 Å². The Labute approximate surface area is 305 Å². The first kappa shape index (κ1) is 36.7. The van der Waals surface area contributed by atoms with Crippen LogP contribution in [0.5, 0.6) is 5.75 Å². The van der Waals surface area contributed by atoms with Gasteiger partial charge in [0.1, 0.15) is 17.1 Å². The van der Waals surface area contributed by atoms with Gasteiger partial charge in [0.05, 0.1) is 43.2 Å². The van der Waals surface area contributed by atoms with E-state index in [1.54, 1.807) is 18.5 Å². The number of carboxylic acids is 1. The van der Waals surface area contributed by atoms with Gasteiger partial charge < -0.3 is 34.9 Å². The van der Waals surface area contributed by atoms with Gasteiger partial charge in [-0.3, -0.25) is 9.78 Å². The summed E-state index contributed by atoms with van der Waals surface area (Å²) in [6.07, 6.45) is 5.97. The van der Waals surface area contributed by atoms with Gasteiger partial charge in [-0.2, -0.15) is 0 Å². The second kappa shape index (κ2) is 15.9. The third-order valence-corrected chi connectivity index (χ3v) is 8.67. The number of carbonyl (C=O) groups is 3. The largest absolute Gasteiger partial charge is 0.485 e. The minimum Gasteiger partial charge on any atom is -0.485 e. The van der Waals surface area contributed by atoms with Crippen LogP contribution in [0.3, 0.4) is 0 Å². The van der Waals surface area contributed by atoms with E-state index in [9.17, 15) is 14.4 Å². The van der Waals surface area contributed by atoms with Gasteiger partial charge in [0, 0.05) is 51.9 Å². The number of aliphatic carboxylic acids is 1. The zero-order chi connectivity index (χ0) is 36.7. The fourth-order valence-electron chi connectivity index (χ4n) is 5.62. The highest BCUT2D eigenvalue weighted by atomic mass is 79.9. The Bertz CT molecular complexity index is 1980. The Morgan fingerprint density at radius 1 is 0.980 bits per heavy atom. The zero-order valence-corrected chi connectivity index (χ0v) is 30.4. The lowest BCUT2D eigenvalue weighted by Gasteiger charge is -2.36. The Balaban J connectivity index is 0.000000153. The molecule has 3 aromatic carbocycles. The number of benzene rings is 3. The molecule has 3 aliphatic heterocycles. The first-order valence-electron chi connectivity index (χ1n) is 16.1. The number of nitrogens with one attached hydrogen (secondary N) is 2. The maximum Gasteiger partial charge on any atom is 0.334 e. The zero-order valence-electron chi connectivity index (χ0n) is 28.8. The number of anilines is 2. The van der Waals surface area contributed by atoms with Crippen LogP contribution in [-0.4, -0.2) is 58.6 Å². The molecule has 4 heterocycles. The van der Waals surface area contributed by atoms with E-state index in [-0.39, 0.29) is 18.2 Å². The number of hydrogen-bond donors (Lipinski definition) is 3. The molecule has 2 unspecified atom stereocenters. The molecular weight excluding hydrogens is 716 g/mol. The first-order valence-corrected chi connectivity index (χ1v) is 16.9. The molecule has 4 aromatic rings. The summed E-state index contributed by atoms with van der Waals surface area (Å²) in [6.45, 7) is 5.79. The van der Waals surface area contributed by atoms with Gasteiger partial charge >= 0.3 is 11.9 Å². The number of carboxylic acid groups (broad SMARTS) is 1. The van der Waals surface area contributed by atoms with Crippen LogP contribution in [-0.2, 0) is 19.1 Å². The Hall–Kier alpha value is -5.62. The number of esters is 1. The summed E-state index contributed by atoms with van der Waals surface area (Å²) in [5, 5.41) is 15.6. The predicted octanol–water partition coefficient (Wildman–Crippen LogP) is 7.74. The van der Waals surface area contributed by atoms with Gasteiger partial charge in [-0.1, -0.05) is 58.4 Å². The summed E-state index contributed by atoms with van der Waals surface area (Å²) in [6, 6.07) is 25.0. The maximum absolute atomic E-state index is 11.6. The molecule has 11 nitrogen and oxygen atoms in total. The number of methoxy groups -OCH3 is 1. The van der Waals surface area contributed by atoms with Crippen molar-refractivity contribution in [1.82, 2.24) is 9.88 Å². The first-order chi connectivity index (χ1) is 24.3. The van der Waals surface area contributed by atoms with Crippen LogP contribution in [0.4, 0.5) is 11.4 Å².